The van der Waals surface area contributed by atoms with Gasteiger partial charge in [-0.2, -0.15) is 8.75 Å². The van der Waals surface area contributed by atoms with Crippen LogP contribution in [0.1, 0.15) is 10.4 Å². The summed E-state index contributed by atoms with van der Waals surface area (Å²) in [4.78, 5) is 21.3. The van der Waals surface area contributed by atoms with E-state index >= 15 is 0 Å². The van der Waals surface area contributed by atoms with Crippen LogP contribution in [0.4, 0.5) is 4.39 Å². The molecule has 0 radical (unpaired) electrons. The molecular formula is C20H19FN6OS. The number of benzene rings is 2. The molecule has 1 amide bonds. The highest BCUT2D eigenvalue weighted by molar-refractivity contribution is 7.00. The van der Waals surface area contributed by atoms with Crippen molar-refractivity contribution < 1.29 is 9.18 Å². The number of carbonyl (C=O) groups is 1. The van der Waals surface area contributed by atoms with E-state index < -0.39 is 0 Å². The van der Waals surface area contributed by atoms with Gasteiger partial charge < -0.3 is 9.47 Å². The third kappa shape index (κ3) is 3.58. The predicted octanol–water partition coefficient (Wildman–Crippen LogP) is 2.64. The van der Waals surface area contributed by atoms with Gasteiger partial charge in [0.25, 0.3) is 5.91 Å². The summed E-state index contributed by atoms with van der Waals surface area (Å²) in [6.45, 7) is 4.69. The van der Waals surface area contributed by atoms with Crippen molar-refractivity contribution in [2.24, 2.45) is 0 Å². The lowest BCUT2D eigenvalue weighted by Crippen LogP contribution is -2.49. The number of carbonyl (C=O) groups excluding carboxylic acids is 1. The Labute approximate surface area is 170 Å². The molecule has 0 N–H and O–H groups in total. The number of aromatic nitrogens is 4. The highest BCUT2D eigenvalue weighted by atomic mass is 32.1. The minimum atomic E-state index is -0.270. The maximum atomic E-state index is 13.3. The molecule has 1 aliphatic heterocycles. The Morgan fingerprint density at radius 3 is 2.66 bits per heavy atom. The van der Waals surface area contributed by atoms with E-state index in [1.54, 1.807) is 12.4 Å². The van der Waals surface area contributed by atoms with Gasteiger partial charge in [0.05, 0.1) is 29.1 Å². The molecule has 9 heteroatoms. The monoisotopic (exact) mass is 410 g/mol. The minimum absolute atomic E-state index is 0.0437. The molecule has 0 atom stereocenters. The summed E-state index contributed by atoms with van der Waals surface area (Å²) < 4.78 is 23.8. The van der Waals surface area contributed by atoms with Gasteiger partial charge >= 0.3 is 0 Å². The molecule has 1 saturated heterocycles. The van der Waals surface area contributed by atoms with Crippen LogP contribution in [-0.2, 0) is 6.54 Å². The number of fused-ring (bicyclic) bond motifs is 2. The standard InChI is InChI=1S/C20H19FN6OS/c21-15-2-4-19-18(12-15)22-13-27(19)10-7-25-5-8-26(9-6-25)20(28)14-1-3-16-17(11-14)24-29-23-16/h1-4,11-13H,5-10H2. The third-order valence-electron chi connectivity index (χ3n) is 5.40. The minimum Gasteiger partial charge on any atom is -0.336 e. The zero-order chi connectivity index (χ0) is 19.8. The van der Waals surface area contributed by atoms with Gasteiger partial charge in [0.15, 0.2) is 0 Å². The van der Waals surface area contributed by atoms with Gasteiger partial charge in [0.1, 0.15) is 16.9 Å². The van der Waals surface area contributed by atoms with E-state index in [-0.39, 0.29) is 11.7 Å². The molecule has 29 heavy (non-hydrogen) atoms. The lowest BCUT2D eigenvalue weighted by molar-refractivity contribution is 0.0633. The van der Waals surface area contributed by atoms with Crippen LogP contribution in [0.25, 0.3) is 22.1 Å². The van der Waals surface area contributed by atoms with Crippen LogP contribution in [0.15, 0.2) is 42.7 Å². The molecule has 0 unspecified atom stereocenters. The van der Waals surface area contributed by atoms with Crippen LogP contribution in [0.3, 0.4) is 0 Å². The number of imidazole rings is 1. The molecule has 2 aromatic heterocycles. The van der Waals surface area contributed by atoms with Crippen LogP contribution >= 0.6 is 11.7 Å². The van der Waals surface area contributed by atoms with E-state index in [1.807, 2.05) is 27.7 Å². The first-order valence-electron chi connectivity index (χ1n) is 9.52. The van der Waals surface area contributed by atoms with Crippen molar-refractivity contribution >= 4 is 39.7 Å². The summed E-state index contributed by atoms with van der Waals surface area (Å²) in [6.07, 6.45) is 1.76. The Hall–Kier alpha value is -2.91. The molecular weight excluding hydrogens is 391 g/mol. The lowest BCUT2D eigenvalue weighted by atomic mass is 10.1. The lowest BCUT2D eigenvalue weighted by Gasteiger charge is -2.34. The van der Waals surface area contributed by atoms with Crippen molar-refractivity contribution in [2.45, 2.75) is 6.54 Å². The van der Waals surface area contributed by atoms with E-state index in [9.17, 15) is 9.18 Å². The van der Waals surface area contributed by atoms with E-state index in [0.29, 0.717) is 24.2 Å². The van der Waals surface area contributed by atoms with Crippen LogP contribution < -0.4 is 0 Å². The second-order valence-corrected chi connectivity index (χ2v) is 7.70. The van der Waals surface area contributed by atoms with Gasteiger partial charge in [-0.3, -0.25) is 9.69 Å². The second-order valence-electron chi connectivity index (χ2n) is 7.17. The summed E-state index contributed by atoms with van der Waals surface area (Å²) in [5.74, 6) is -0.226. The fourth-order valence-corrected chi connectivity index (χ4v) is 4.25. The quantitative estimate of drug-likeness (QED) is 0.517. The predicted molar refractivity (Wildman–Crippen MR) is 109 cm³/mol. The number of hydrogen-bond acceptors (Lipinski definition) is 6. The molecule has 4 aromatic rings. The summed E-state index contributed by atoms with van der Waals surface area (Å²) >= 11 is 1.16. The highest BCUT2D eigenvalue weighted by Gasteiger charge is 2.22. The van der Waals surface area contributed by atoms with Crippen LogP contribution in [0.5, 0.6) is 0 Å². The SMILES string of the molecule is O=C(c1ccc2nsnc2c1)N1CCN(CCn2cnc3cc(F)ccc32)CC1. The first kappa shape index (κ1) is 18.1. The van der Waals surface area contributed by atoms with Gasteiger partial charge in [0, 0.05) is 50.9 Å². The summed E-state index contributed by atoms with van der Waals surface area (Å²) in [5, 5.41) is 0. The number of nitrogens with zero attached hydrogens (tertiary/aromatic N) is 6. The zero-order valence-electron chi connectivity index (χ0n) is 15.7. The first-order valence-corrected chi connectivity index (χ1v) is 10.2. The van der Waals surface area contributed by atoms with E-state index in [0.717, 1.165) is 54.5 Å². The molecule has 0 saturated carbocycles. The molecule has 1 aliphatic rings. The fourth-order valence-electron chi connectivity index (χ4n) is 3.74. The molecule has 148 valence electrons. The van der Waals surface area contributed by atoms with Crippen LogP contribution in [0, 0.1) is 5.82 Å². The highest BCUT2D eigenvalue weighted by Crippen LogP contribution is 2.17. The molecule has 5 rings (SSSR count). The van der Waals surface area contributed by atoms with Gasteiger partial charge in [0.2, 0.25) is 0 Å². The molecule has 0 spiro atoms. The first-order chi connectivity index (χ1) is 14.2. The fraction of sp³-hybridized carbons (Fsp3) is 0.300. The van der Waals surface area contributed by atoms with Gasteiger partial charge in [-0.1, -0.05) is 0 Å². The normalized spacial score (nSPS) is 15.4. The summed E-state index contributed by atoms with van der Waals surface area (Å²) in [6, 6.07) is 10.2. The van der Waals surface area contributed by atoms with Crippen LogP contribution in [-0.4, -0.2) is 66.7 Å². The number of piperazine rings is 1. The number of halogens is 1. The topological polar surface area (TPSA) is 67.2 Å². The van der Waals surface area contributed by atoms with Gasteiger partial charge in [-0.05, 0) is 30.3 Å². The van der Waals surface area contributed by atoms with Crippen molar-refractivity contribution in [1.82, 2.24) is 28.1 Å². The Morgan fingerprint density at radius 2 is 1.79 bits per heavy atom. The van der Waals surface area contributed by atoms with E-state index in [1.165, 1.54) is 12.1 Å². The average molecular weight is 410 g/mol. The second kappa shape index (κ2) is 7.49. The number of amides is 1. The molecule has 2 aromatic carbocycles. The number of hydrogen-bond donors (Lipinski definition) is 0. The zero-order valence-corrected chi connectivity index (χ0v) is 16.5. The van der Waals surface area contributed by atoms with E-state index in [2.05, 4.69) is 18.6 Å². The maximum absolute atomic E-state index is 13.3. The largest absolute Gasteiger partial charge is 0.336 e. The van der Waals surface area contributed by atoms with Crippen molar-refractivity contribution in [3.05, 3.63) is 54.1 Å². The van der Waals surface area contributed by atoms with Crippen molar-refractivity contribution in [1.29, 1.82) is 0 Å². The molecule has 7 nitrogen and oxygen atoms in total. The van der Waals surface area contributed by atoms with Gasteiger partial charge in [-0.25, -0.2) is 9.37 Å². The Morgan fingerprint density at radius 1 is 0.966 bits per heavy atom. The molecule has 3 heterocycles. The molecule has 0 aliphatic carbocycles. The van der Waals surface area contributed by atoms with E-state index in [4.69, 9.17) is 0 Å². The summed E-state index contributed by atoms with van der Waals surface area (Å²) in [7, 11) is 0. The Balaban J connectivity index is 1.18. The third-order valence-corrected chi connectivity index (χ3v) is 5.96. The average Bonchev–Trinajstić information content (AvgIpc) is 3.38. The van der Waals surface area contributed by atoms with Crippen molar-refractivity contribution in [2.75, 3.05) is 32.7 Å². The molecule has 1 fully saturated rings. The molecule has 0 bridgehead atoms. The number of rotatable bonds is 4. The smallest absolute Gasteiger partial charge is 0.254 e. The van der Waals surface area contributed by atoms with Crippen molar-refractivity contribution in [3.8, 4) is 0 Å². The maximum Gasteiger partial charge on any atom is 0.254 e. The van der Waals surface area contributed by atoms with Crippen molar-refractivity contribution in [3.63, 3.8) is 0 Å². The van der Waals surface area contributed by atoms with Crippen LogP contribution in [0.2, 0.25) is 0 Å². The summed E-state index contributed by atoms with van der Waals surface area (Å²) in [5.41, 5.74) is 3.87. The van der Waals surface area contributed by atoms with Gasteiger partial charge in [-0.15, -0.1) is 0 Å². The Bertz CT molecular complexity index is 1180. The Kier molecular flexibility index (Phi) is 4.69.